The molecule has 0 saturated carbocycles. The van der Waals surface area contributed by atoms with Crippen LogP contribution in [0.4, 0.5) is 13.2 Å². The number of nitrogens with one attached hydrogen (secondary N) is 1. The Hall–Kier alpha value is -1.75. The average Bonchev–Trinajstić information content (AvgIpc) is 2.80. The Morgan fingerprint density at radius 1 is 1.29 bits per heavy atom. The molecule has 1 aromatic carbocycles. The number of fused-ring (bicyclic) bond motifs is 1. The zero-order valence-electron chi connectivity index (χ0n) is 12.0. The number of benzene rings is 1. The van der Waals surface area contributed by atoms with Gasteiger partial charge < -0.3 is 4.98 Å². The van der Waals surface area contributed by atoms with Gasteiger partial charge in [-0.15, -0.1) is 6.58 Å². The third kappa shape index (κ3) is 3.47. The summed E-state index contributed by atoms with van der Waals surface area (Å²) in [6.07, 6.45) is -1.91. The van der Waals surface area contributed by atoms with Gasteiger partial charge in [-0.2, -0.15) is 13.2 Å². The Bertz CT molecular complexity index is 613. The number of para-hydroxylation sites is 1. The van der Waals surface area contributed by atoms with Crippen molar-refractivity contribution in [2.75, 3.05) is 13.1 Å². The lowest BCUT2D eigenvalue weighted by molar-refractivity contribution is -0.241. The lowest BCUT2D eigenvalue weighted by Gasteiger charge is -2.23. The molecule has 0 aliphatic carbocycles. The van der Waals surface area contributed by atoms with E-state index in [1.54, 1.807) is 0 Å². The second-order valence-corrected chi connectivity index (χ2v) is 4.93. The minimum Gasteiger partial charge on any atom is -0.358 e. The van der Waals surface area contributed by atoms with Crippen LogP contribution in [0.3, 0.4) is 0 Å². The molecule has 0 saturated heterocycles. The summed E-state index contributed by atoms with van der Waals surface area (Å²) in [6.45, 7) is 5.14. The zero-order chi connectivity index (χ0) is 15.5. The predicted octanol–water partition coefficient (Wildman–Crippen LogP) is 4.28. The number of alkyl halides is 3. The highest BCUT2D eigenvalue weighted by molar-refractivity contribution is 5.84. The average molecular weight is 296 g/mol. The van der Waals surface area contributed by atoms with Crippen LogP contribution in [0, 0.1) is 0 Å². The lowest BCUT2D eigenvalue weighted by Crippen LogP contribution is -2.39. The van der Waals surface area contributed by atoms with E-state index in [0.717, 1.165) is 28.6 Å². The molecule has 0 aliphatic heterocycles. The maximum absolute atomic E-state index is 12.9. The molecule has 0 spiro atoms. The molecule has 0 radical (unpaired) electrons. The van der Waals surface area contributed by atoms with Crippen molar-refractivity contribution in [1.82, 2.24) is 9.88 Å². The van der Waals surface area contributed by atoms with Crippen molar-refractivity contribution in [3.8, 4) is 0 Å². The van der Waals surface area contributed by atoms with E-state index in [0.29, 0.717) is 11.3 Å². The van der Waals surface area contributed by atoms with Crippen LogP contribution in [0.5, 0.6) is 0 Å². The van der Waals surface area contributed by atoms with Gasteiger partial charge in [0, 0.05) is 29.7 Å². The monoisotopic (exact) mass is 296 g/mol. The topological polar surface area (TPSA) is 19.0 Å². The fraction of sp³-hybridized carbons (Fsp3) is 0.375. The highest BCUT2D eigenvalue weighted by atomic mass is 19.4. The van der Waals surface area contributed by atoms with Gasteiger partial charge in [0.05, 0.1) is 0 Å². The Morgan fingerprint density at radius 2 is 2.00 bits per heavy atom. The summed E-state index contributed by atoms with van der Waals surface area (Å²) in [5, 5.41) is 1.01. The number of nitrogens with zero attached hydrogens (tertiary/aromatic N) is 1. The van der Waals surface area contributed by atoms with Gasteiger partial charge >= 0.3 is 6.30 Å². The molecule has 0 atom stereocenters. The highest BCUT2D eigenvalue weighted by Gasteiger charge is 2.35. The van der Waals surface area contributed by atoms with E-state index >= 15 is 0 Å². The van der Waals surface area contributed by atoms with Gasteiger partial charge in [0.2, 0.25) is 0 Å². The number of hydrogen-bond acceptors (Lipinski definition) is 1. The van der Waals surface area contributed by atoms with Crippen molar-refractivity contribution in [1.29, 1.82) is 0 Å². The molecule has 2 rings (SSSR count). The van der Waals surface area contributed by atoms with Crippen LogP contribution in [0.25, 0.3) is 10.9 Å². The molecule has 1 heterocycles. The van der Waals surface area contributed by atoms with Crippen molar-refractivity contribution in [2.24, 2.45) is 0 Å². The van der Waals surface area contributed by atoms with Crippen LogP contribution in [0.2, 0.25) is 0 Å². The third-order valence-corrected chi connectivity index (χ3v) is 3.60. The number of aromatic nitrogens is 1. The second-order valence-electron chi connectivity index (χ2n) is 4.93. The summed E-state index contributed by atoms with van der Waals surface area (Å²) in [7, 11) is 0. The van der Waals surface area contributed by atoms with Crippen molar-refractivity contribution < 1.29 is 13.2 Å². The number of rotatable bonds is 6. The molecule has 1 aromatic heterocycles. The maximum Gasteiger partial charge on any atom is 0.460 e. The molecular formula is C16H19F3N2. The van der Waals surface area contributed by atoms with Gasteiger partial charge in [-0.05, 0) is 24.5 Å². The van der Waals surface area contributed by atoms with Crippen LogP contribution in [-0.2, 0) is 12.8 Å². The standard InChI is InChI=1S/C16H19F3N2/c1-3-10-21(16(17,18)19)11-9-13-12-7-5-6-8-15(12)20-14(13)4-2/h3,5-8,20H,1,4,9-11H2,2H3. The fourth-order valence-corrected chi connectivity index (χ4v) is 2.57. The first-order valence-corrected chi connectivity index (χ1v) is 6.98. The summed E-state index contributed by atoms with van der Waals surface area (Å²) >= 11 is 0. The van der Waals surface area contributed by atoms with E-state index in [2.05, 4.69) is 11.6 Å². The van der Waals surface area contributed by atoms with Gasteiger partial charge in [-0.3, -0.25) is 0 Å². The van der Waals surface area contributed by atoms with Crippen LogP contribution in [0.15, 0.2) is 36.9 Å². The fourth-order valence-electron chi connectivity index (χ4n) is 2.57. The molecule has 1 N–H and O–H groups in total. The number of H-pyrrole nitrogens is 1. The minimum absolute atomic E-state index is 0.0651. The second kappa shape index (κ2) is 6.35. The Morgan fingerprint density at radius 3 is 2.62 bits per heavy atom. The number of aromatic amines is 1. The van der Waals surface area contributed by atoms with E-state index in [1.807, 2.05) is 31.2 Å². The molecule has 0 bridgehead atoms. The van der Waals surface area contributed by atoms with Gasteiger partial charge in [-0.1, -0.05) is 31.2 Å². The quantitative estimate of drug-likeness (QED) is 0.622. The van der Waals surface area contributed by atoms with Gasteiger partial charge in [0.1, 0.15) is 0 Å². The van der Waals surface area contributed by atoms with Crippen LogP contribution in [-0.4, -0.2) is 29.3 Å². The van der Waals surface area contributed by atoms with Crippen molar-refractivity contribution in [2.45, 2.75) is 26.1 Å². The van der Waals surface area contributed by atoms with Crippen molar-refractivity contribution >= 4 is 10.9 Å². The molecular weight excluding hydrogens is 277 g/mol. The number of aryl methyl sites for hydroxylation is 1. The summed E-state index contributed by atoms with van der Waals surface area (Å²) in [5.74, 6) is 0. The summed E-state index contributed by atoms with van der Waals surface area (Å²) in [5.41, 5.74) is 2.97. The smallest absolute Gasteiger partial charge is 0.358 e. The summed E-state index contributed by atoms with van der Waals surface area (Å²) < 4.78 is 38.7. The molecule has 0 unspecified atom stereocenters. The first-order valence-electron chi connectivity index (χ1n) is 6.98. The predicted molar refractivity (Wildman–Crippen MR) is 79.2 cm³/mol. The molecule has 0 fully saturated rings. The van der Waals surface area contributed by atoms with E-state index < -0.39 is 6.30 Å². The van der Waals surface area contributed by atoms with E-state index in [4.69, 9.17) is 0 Å². The van der Waals surface area contributed by atoms with E-state index in [1.165, 1.54) is 6.08 Å². The Balaban J connectivity index is 2.24. The van der Waals surface area contributed by atoms with Crippen LogP contribution < -0.4 is 0 Å². The summed E-state index contributed by atoms with van der Waals surface area (Å²) in [4.78, 5) is 3.78. The van der Waals surface area contributed by atoms with Crippen LogP contribution in [0.1, 0.15) is 18.2 Å². The largest absolute Gasteiger partial charge is 0.460 e. The minimum atomic E-state index is -4.33. The normalized spacial score (nSPS) is 12.2. The molecule has 0 aliphatic rings. The Labute approximate surface area is 122 Å². The van der Waals surface area contributed by atoms with Gasteiger partial charge in [0.25, 0.3) is 0 Å². The number of hydrogen-bond donors (Lipinski definition) is 1. The van der Waals surface area contributed by atoms with Gasteiger partial charge in [-0.25, -0.2) is 4.90 Å². The molecule has 2 nitrogen and oxygen atoms in total. The van der Waals surface area contributed by atoms with Crippen LogP contribution >= 0.6 is 0 Å². The van der Waals surface area contributed by atoms with E-state index in [-0.39, 0.29) is 13.1 Å². The number of halogens is 3. The highest BCUT2D eigenvalue weighted by Crippen LogP contribution is 2.26. The Kier molecular flexibility index (Phi) is 4.73. The third-order valence-electron chi connectivity index (χ3n) is 3.60. The molecule has 114 valence electrons. The molecule has 5 heteroatoms. The molecule has 0 amide bonds. The van der Waals surface area contributed by atoms with E-state index in [9.17, 15) is 13.2 Å². The summed E-state index contributed by atoms with van der Waals surface area (Å²) in [6, 6.07) is 7.72. The SMILES string of the molecule is C=CCN(CCc1c(CC)[nH]c2ccccc12)C(F)(F)F. The zero-order valence-corrected chi connectivity index (χ0v) is 12.0. The molecule has 21 heavy (non-hydrogen) atoms. The molecule has 2 aromatic rings. The lowest BCUT2D eigenvalue weighted by atomic mass is 10.1. The first-order chi connectivity index (χ1) is 9.97. The first kappa shape index (κ1) is 15.6. The van der Waals surface area contributed by atoms with Crippen molar-refractivity contribution in [3.63, 3.8) is 0 Å². The maximum atomic E-state index is 12.9. The van der Waals surface area contributed by atoms with Gasteiger partial charge in [0.15, 0.2) is 0 Å². The van der Waals surface area contributed by atoms with Crippen molar-refractivity contribution in [3.05, 3.63) is 48.2 Å².